The van der Waals surface area contributed by atoms with E-state index in [9.17, 15) is 22.8 Å². The van der Waals surface area contributed by atoms with Gasteiger partial charge in [0.25, 0.3) is 11.8 Å². The molecule has 0 fully saturated rings. The molecule has 2 aromatic heterocycles. The molecule has 1 atom stereocenters. The second-order valence-electron chi connectivity index (χ2n) is 8.44. The van der Waals surface area contributed by atoms with Crippen LogP contribution in [-0.4, -0.2) is 45.1 Å². The van der Waals surface area contributed by atoms with Crippen molar-refractivity contribution in [2.24, 2.45) is 10.7 Å². The lowest BCUT2D eigenvalue weighted by molar-refractivity contribution is -0.118. The second kappa shape index (κ2) is 10.2. The lowest BCUT2D eigenvalue weighted by Gasteiger charge is -2.27. The zero-order valence-electron chi connectivity index (χ0n) is 19.3. The molecule has 0 radical (unpaired) electrons. The van der Waals surface area contributed by atoms with Crippen molar-refractivity contribution >= 4 is 39.3 Å². The molecule has 1 aliphatic heterocycles. The molecule has 0 saturated carbocycles. The van der Waals surface area contributed by atoms with E-state index in [0.29, 0.717) is 11.0 Å². The molecule has 0 saturated heterocycles. The number of nitrogens with one attached hydrogen (secondary N) is 2. The molecule has 2 amide bonds. The first-order chi connectivity index (χ1) is 17.5. The maximum atomic E-state index is 12.9. The Bertz CT molecular complexity index is 1380. The van der Waals surface area contributed by atoms with E-state index in [1.807, 2.05) is 12.1 Å². The number of allylic oxidation sites excluding steroid dienone is 1. The summed E-state index contributed by atoms with van der Waals surface area (Å²) < 4.78 is 44.5. The van der Waals surface area contributed by atoms with E-state index >= 15 is 0 Å². The average Bonchev–Trinajstić information content (AvgIpc) is 3.51. The first-order valence-corrected chi connectivity index (χ1v) is 12.0. The molecule has 1 aliphatic rings. The molecule has 0 spiro atoms. The van der Waals surface area contributed by atoms with E-state index in [0.717, 1.165) is 11.8 Å². The summed E-state index contributed by atoms with van der Waals surface area (Å²) in [6.07, 6.45) is 1.28. The number of primary amides is 1. The number of amides is 2. The van der Waals surface area contributed by atoms with Crippen molar-refractivity contribution < 1.29 is 27.2 Å². The van der Waals surface area contributed by atoms with Crippen LogP contribution >= 0.6 is 15.9 Å². The van der Waals surface area contributed by atoms with Crippen LogP contribution in [0.2, 0.25) is 0 Å². The van der Waals surface area contributed by atoms with E-state index in [2.05, 4.69) is 41.6 Å². The lowest BCUT2D eigenvalue weighted by atomic mass is 9.84. The fourth-order valence-corrected chi connectivity index (χ4v) is 3.93. The summed E-state index contributed by atoms with van der Waals surface area (Å²) >= 11 is 3.37. The van der Waals surface area contributed by atoms with Crippen LogP contribution in [0.1, 0.15) is 45.8 Å². The van der Waals surface area contributed by atoms with Crippen molar-refractivity contribution in [1.29, 1.82) is 0 Å². The number of aliphatic imine (C=N–C) groups is 1. The topological polar surface area (TPSA) is 140 Å². The Labute approximate surface area is 217 Å². The van der Waals surface area contributed by atoms with Gasteiger partial charge in [0.2, 0.25) is 5.89 Å². The molecule has 37 heavy (non-hydrogen) atoms. The van der Waals surface area contributed by atoms with Gasteiger partial charge in [-0.25, -0.2) is 9.67 Å². The number of halogens is 4. The number of hydrogen-bond acceptors (Lipinski definition) is 6. The molecule has 10 nitrogen and oxygen atoms in total. The van der Waals surface area contributed by atoms with Gasteiger partial charge in [0.05, 0.1) is 23.0 Å². The summed E-state index contributed by atoms with van der Waals surface area (Å²) in [6, 6.07) is 7.34. The molecule has 4 N–H and O–H groups in total. The van der Waals surface area contributed by atoms with Gasteiger partial charge in [0.15, 0.2) is 11.4 Å². The highest BCUT2D eigenvalue weighted by molar-refractivity contribution is 9.08. The number of aromatic nitrogens is 3. The number of nitrogens with zero attached hydrogens (tertiary/aromatic N) is 4. The van der Waals surface area contributed by atoms with Crippen LogP contribution < -0.4 is 16.4 Å². The van der Waals surface area contributed by atoms with Gasteiger partial charge in [-0.1, -0.05) is 34.1 Å². The fourth-order valence-electron chi connectivity index (χ4n) is 3.56. The van der Waals surface area contributed by atoms with Crippen LogP contribution in [0.4, 0.5) is 18.9 Å². The minimum atomic E-state index is -4.44. The third-order valence-corrected chi connectivity index (χ3v) is 6.11. The van der Waals surface area contributed by atoms with Gasteiger partial charge in [0.1, 0.15) is 18.6 Å². The number of benzene rings is 1. The summed E-state index contributed by atoms with van der Waals surface area (Å²) in [7, 11) is 0. The second-order valence-corrected chi connectivity index (χ2v) is 9.00. The first-order valence-electron chi connectivity index (χ1n) is 10.8. The van der Waals surface area contributed by atoms with Gasteiger partial charge < -0.3 is 20.8 Å². The molecule has 194 valence electrons. The third-order valence-electron chi connectivity index (χ3n) is 5.46. The SMILES string of the molecule is CC1(c2nc(C(=O)Nc3cn(-c4ccc(CBr)cc4)nc3C(N)=O)co2)C=CNC(=NCC(F)(F)F)C1. The minimum absolute atomic E-state index is 0.0492. The standard InChI is InChI=1S/C23H21BrF3N7O3/c1-22(6-7-29-17(8-22)30-12-23(25,26)27)21-32-16(11-37-21)20(36)31-15-10-34(33-18(15)19(28)35)14-4-2-13(9-24)3-5-14/h2-7,10-11H,8-9,12H2,1H3,(H2,28,35)(H,29,30)(H,31,36). The highest BCUT2D eigenvalue weighted by Crippen LogP contribution is 2.31. The Morgan fingerprint density at radius 2 is 2.05 bits per heavy atom. The average molecular weight is 580 g/mol. The van der Waals surface area contributed by atoms with Crippen molar-refractivity contribution in [2.75, 3.05) is 11.9 Å². The first kappa shape index (κ1) is 26.1. The van der Waals surface area contributed by atoms with E-state index in [4.69, 9.17) is 10.2 Å². The third kappa shape index (κ3) is 6.07. The van der Waals surface area contributed by atoms with E-state index in [1.165, 1.54) is 17.1 Å². The van der Waals surface area contributed by atoms with Crippen molar-refractivity contribution in [3.05, 3.63) is 71.8 Å². The lowest BCUT2D eigenvalue weighted by Crippen LogP contribution is -2.35. The molecular formula is C23H21BrF3N7O3. The molecule has 3 heterocycles. The number of carbonyl (C=O) groups excluding carboxylic acids is 2. The Balaban J connectivity index is 1.53. The number of rotatable bonds is 7. The zero-order chi connectivity index (χ0) is 26.8. The predicted octanol–water partition coefficient (Wildman–Crippen LogP) is 3.83. The van der Waals surface area contributed by atoms with E-state index in [1.54, 1.807) is 25.1 Å². The minimum Gasteiger partial charge on any atom is -0.447 e. The normalized spacial score (nSPS) is 18.6. The van der Waals surface area contributed by atoms with Gasteiger partial charge in [0, 0.05) is 11.8 Å². The van der Waals surface area contributed by atoms with Crippen LogP contribution in [-0.2, 0) is 10.7 Å². The number of alkyl halides is 4. The van der Waals surface area contributed by atoms with E-state index in [-0.39, 0.29) is 35.2 Å². The summed E-state index contributed by atoms with van der Waals surface area (Å²) in [5, 5.41) is 10.1. The molecule has 0 bridgehead atoms. The number of hydrogen-bond donors (Lipinski definition) is 3. The van der Waals surface area contributed by atoms with Crippen LogP contribution in [0, 0.1) is 0 Å². The van der Waals surface area contributed by atoms with Crippen LogP contribution in [0.3, 0.4) is 0 Å². The van der Waals surface area contributed by atoms with Crippen molar-refractivity contribution in [3.8, 4) is 5.69 Å². The Hall–Kier alpha value is -3.94. The molecule has 3 aromatic rings. The zero-order valence-corrected chi connectivity index (χ0v) is 20.9. The quantitative estimate of drug-likeness (QED) is 0.363. The largest absolute Gasteiger partial charge is 0.447 e. The van der Waals surface area contributed by atoms with Crippen molar-refractivity contribution in [2.45, 2.75) is 30.3 Å². The Morgan fingerprint density at radius 3 is 2.70 bits per heavy atom. The van der Waals surface area contributed by atoms with Gasteiger partial charge in [-0.2, -0.15) is 18.3 Å². The van der Waals surface area contributed by atoms with Gasteiger partial charge in [-0.05, 0) is 30.8 Å². The van der Waals surface area contributed by atoms with Crippen molar-refractivity contribution in [3.63, 3.8) is 0 Å². The molecule has 14 heteroatoms. The smallest absolute Gasteiger partial charge is 0.408 e. The molecule has 4 rings (SSSR count). The van der Waals surface area contributed by atoms with Gasteiger partial charge in [-0.3, -0.25) is 14.6 Å². The van der Waals surface area contributed by atoms with Crippen LogP contribution in [0.15, 0.2) is 58.4 Å². The molecule has 1 unspecified atom stereocenters. The number of anilines is 1. The number of oxazole rings is 1. The summed E-state index contributed by atoms with van der Waals surface area (Å²) in [5.74, 6) is -1.33. The fraction of sp³-hybridized carbons (Fsp3) is 0.261. The Kier molecular flexibility index (Phi) is 7.21. The molecule has 1 aromatic carbocycles. The van der Waals surface area contributed by atoms with Crippen LogP contribution in [0.5, 0.6) is 0 Å². The molecular weight excluding hydrogens is 559 g/mol. The van der Waals surface area contributed by atoms with Gasteiger partial charge in [-0.15, -0.1) is 0 Å². The summed E-state index contributed by atoms with van der Waals surface area (Å²) in [6.45, 7) is 0.367. The number of nitrogens with two attached hydrogens (primary N) is 1. The summed E-state index contributed by atoms with van der Waals surface area (Å²) in [4.78, 5) is 32.6. The highest BCUT2D eigenvalue weighted by Gasteiger charge is 2.35. The predicted molar refractivity (Wildman–Crippen MR) is 132 cm³/mol. The summed E-state index contributed by atoms with van der Waals surface area (Å²) in [5.41, 5.74) is 5.99. The monoisotopic (exact) mass is 579 g/mol. The van der Waals surface area contributed by atoms with Crippen LogP contribution in [0.25, 0.3) is 5.69 Å². The van der Waals surface area contributed by atoms with Gasteiger partial charge >= 0.3 is 6.18 Å². The number of amidine groups is 1. The maximum absolute atomic E-state index is 12.9. The number of carbonyl (C=O) groups is 2. The van der Waals surface area contributed by atoms with Crippen molar-refractivity contribution in [1.82, 2.24) is 20.1 Å². The maximum Gasteiger partial charge on any atom is 0.408 e. The highest BCUT2D eigenvalue weighted by atomic mass is 79.9. The van der Waals surface area contributed by atoms with E-state index < -0.39 is 30.0 Å². The Morgan fingerprint density at radius 1 is 1.32 bits per heavy atom. The molecule has 0 aliphatic carbocycles.